The third-order valence-corrected chi connectivity index (χ3v) is 2.74. The number of benzene rings is 1. The summed E-state index contributed by atoms with van der Waals surface area (Å²) in [7, 11) is 0. The van der Waals surface area contributed by atoms with Crippen LogP contribution in [0.2, 0.25) is 0 Å². The highest BCUT2D eigenvalue weighted by atomic mass is 16.6. The van der Waals surface area contributed by atoms with Gasteiger partial charge in [-0.2, -0.15) is 10.5 Å². The van der Waals surface area contributed by atoms with Crippen LogP contribution in [-0.4, -0.2) is 25.3 Å². The number of nitrogens with zero attached hydrogens (tertiary/aromatic N) is 2. The predicted octanol–water partition coefficient (Wildman–Crippen LogP) is 2.85. The van der Waals surface area contributed by atoms with E-state index >= 15 is 0 Å². The van der Waals surface area contributed by atoms with Crippen LogP contribution in [0.4, 0.5) is 0 Å². The number of allylic oxidation sites excluding steroid dienone is 1. The monoisotopic (exact) mass is 314 g/mol. The topological polar surface area (TPSA) is 92.3 Å². The number of nitriles is 2. The lowest BCUT2D eigenvalue weighted by Crippen LogP contribution is -2.26. The smallest absolute Gasteiger partial charge is 0.347 e. The zero-order chi connectivity index (χ0) is 17.2. The lowest BCUT2D eigenvalue weighted by atomic mass is 10.1. The van der Waals surface area contributed by atoms with E-state index < -0.39 is 12.1 Å². The average molecular weight is 314 g/mol. The summed E-state index contributed by atoms with van der Waals surface area (Å²) >= 11 is 0. The number of hydrogen-bond donors (Lipinski definition) is 0. The molecule has 0 heterocycles. The fourth-order valence-corrected chi connectivity index (χ4v) is 1.73. The van der Waals surface area contributed by atoms with Crippen molar-refractivity contribution in [1.29, 1.82) is 10.5 Å². The Hall–Kier alpha value is -2.99. The zero-order valence-corrected chi connectivity index (χ0v) is 13.3. The summed E-state index contributed by atoms with van der Waals surface area (Å²) in [6, 6.07) is 8.53. The van der Waals surface area contributed by atoms with E-state index in [0.29, 0.717) is 23.7 Å². The van der Waals surface area contributed by atoms with Crippen LogP contribution < -0.4 is 9.47 Å². The van der Waals surface area contributed by atoms with Crippen molar-refractivity contribution in [2.24, 2.45) is 0 Å². The highest BCUT2D eigenvalue weighted by Gasteiger charge is 2.18. The minimum Gasteiger partial charge on any atom is -0.490 e. The van der Waals surface area contributed by atoms with Crippen LogP contribution in [0.1, 0.15) is 26.3 Å². The summed E-state index contributed by atoms with van der Waals surface area (Å²) in [6.07, 6.45) is 0.672. The van der Waals surface area contributed by atoms with Gasteiger partial charge in [0.2, 0.25) is 0 Å². The first-order valence-electron chi connectivity index (χ1n) is 7.17. The Morgan fingerprint density at radius 3 is 2.48 bits per heavy atom. The van der Waals surface area contributed by atoms with E-state index in [0.717, 1.165) is 0 Å². The number of carbonyl (C=O) groups excluding carboxylic acids is 1. The number of ether oxygens (including phenoxy) is 3. The summed E-state index contributed by atoms with van der Waals surface area (Å²) in [4.78, 5) is 11.6. The predicted molar refractivity (Wildman–Crippen MR) is 83.5 cm³/mol. The second-order valence-electron chi connectivity index (χ2n) is 4.43. The first-order valence-corrected chi connectivity index (χ1v) is 7.17. The number of rotatable bonds is 7. The van der Waals surface area contributed by atoms with Crippen molar-refractivity contribution in [1.82, 2.24) is 0 Å². The van der Waals surface area contributed by atoms with Crippen LogP contribution in [0.25, 0.3) is 6.08 Å². The van der Waals surface area contributed by atoms with Crippen molar-refractivity contribution < 1.29 is 19.0 Å². The highest BCUT2D eigenvalue weighted by Crippen LogP contribution is 2.30. The Morgan fingerprint density at radius 2 is 1.91 bits per heavy atom. The number of esters is 1. The molecule has 0 aromatic heterocycles. The van der Waals surface area contributed by atoms with Gasteiger partial charge < -0.3 is 14.2 Å². The second kappa shape index (κ2) is 9.11. The Morgan fingerprint density at radius 1 is 1.22 bits per heavy atom. The van der Waals surface area contributed by atoms with E-state index in [9.17, 15) is 4.79 Å². The molecule has 0 spiro atoms. The lowest BCUT2D eigenvalue weighted by molar-refractivity contribution is -0.150. The van der Waals surface area contributed by atoms with E-state index in [1.54, 1.807) is 44.2 Å². The molecule has 1 unspecified atom stereocenters. The van der Waals surface area contributed by atoms with Crippen molar-refractivity contribution in [3.8, 4) is 23.6 Å². The van der Waals surface area contributed by atoms with E-state index in [1.165, 1.54) is 6.08 Å². The van der Waals surface area contributed by atoms with Gasteiger partial charge in [0.1, 0.15) is 17.7 Å². The fourth-order valence-electron chi connectivity index (χ4n) is 1.73. The van der Waals surface area contributed by atoms with E-state index in [4.69, 9.17) is 24.7 Å². The molecule has 23 heavy (non-hydrogen) atoms. The molecule has 6 nitrogen and oxygen atoms in total. The molecule has 0 amide bonds. The van der Waals surface area contributed by atoms with Crippen molar-refractivity contribution in [3.05, 3.63) is 29.3 Å². The maximum Gasteiger partial charge on any atom is 0.347 e. The van der Waals surface area contributed by atoms with Crippen LogP contribution in [-0.2, 0) is 9.53 Å². The van der Waals surface area contributed by atoms with E-state index in [-0.39, 0.29) is 12.2 Å². The first kappa shape index (κ1) is 18.1. The Kier molecular flexibility index (Phi) is 7.16. The molecular weight excluding hydrogens is 296 g/mol. The number of hydrogen-bond acceptors (Lipinski definition) is 6. The second-order valence-corrected chi connectivity index (χ2v) is 4.43. The molecule has 0 aliphatic heterocycles. The van der Waals surface area contributed by atoms with Gasteiger partial charge in [-0.25, -0.2) is 4.79 Å². The molecule has 120 valence electrons. The molecule has 1 atom stereocenters. The van der Waals surface area contributed by atoms with Crippen LogP contribution in [0, 0.1) is 22.7 Å². The third-order valence-electron chi connectivity index (χ3n) is 2.74. The average Bonchev–Trinajstić information content (AvgIpc) is 2.55. The Balaban J connectivity index is 3.06. The molecule has 0 fully saturated rings. The van der Waals surface area contributed by atoms with Crippen LogP contribution >= 0.6 is 0 Å². The largest absolute Gasteiger partial charge is 0.490 e. The molecule has 0 N–H and O–H groups in total. The molecule has 1 aromatic carbocycles. The lowest BCUT2D eigenvalue weighted by Gasteiger charge is -2.16. The van der Waals surface area contributed by atoms with Gasteiger partial charge in [-0.05, 0) is 44.5 Å². The summed E-state index contributed by atoms with van der Waals surface area (Å²) < 4.78 is 16.0. The molecule has 0 aliphatic rings. The van der Waals surface area contributed by atoms with Crippen molar-refractivity contribution in [3.63, 3.8) is 0 Å². The Bertz CT molecular complexity index is 652. The van der Waals surface area contributed by atoms with Gasteiger partial charge in [-0.1, -0.05) is 6.07 Å². The standard InChI is InChI=1S/C17H18N2O4/c1-4-21-16-9-13(8-14(10-18)11-19)6-7-15(16)23-12(3)17(20)22-5-2/h6-9,12H,4-5H2,1-3H3. The first-order chi connectivity index (χ1) is 11.0. The highest BCUT2D eigenvalue weighted by molar-refractivity contribution is 5.74. The van der Waals surface area contributed by atoms with Gasteiger partial charge in [-0.15, -0.1) is 0 Å². The van der Waals surface area contributed by atoms with Crippen LogP contribution in [0.15, 0.2) is 23.8 Å². The van der Waals surface area contributed by atoms with Gasteiger partial charge in [0, 0.05) is 0 Å². The van der Waals surface area contributed by atoms with Crippen molar-refractivity contribution >= 4 is 12.0 Å². The molecule has 1 rings (SSSR count). The van der Waals surface area contributed by atoms with E-state index in [2.05, 4.69) is 0 Å². The molecular formula is C17H18N2O4. The number of carbonyl (C=O) groups is 1. The normalized spacial score (nSPS) is 10.7. The molecule has 0 aliphatic carbocycles. The quantitative estimate of drug-likeness (QED) is 0.567. The fraction of sp³-hybridized carbons (Fsp3) is 0.353. The summed E-state index contributed by atoms with van der Waals surface area (Å²) in [5.41, 5.74) is 0.615. The van der Waals surface area contributed by atoms with Crippen LogP contribution in [0.5, 0.6) is 11.5 Å². The molecule has 0 radical (unpaired) electrons. The third kappa shape index (κ3) is 5.37. The maximum atomic E-state index is 11.6. The minimum absolute atomic E-state index is 0.0130. The minimum atomic E-state index is -0.774. The zero-order valence-electron chi connectivity index (χ0n) is 13.3. The SMILES string of the molecule is CCOC(=O)C(C)Oc1ccc(C=C(C#N)C#N)cc1OCC. The van der Waals surface area contributed by atoms with Crippen molar-refractivity contribution in [2.75, 3.05) is 13.2 Å². The van der Waals surface area contributed by atoms with Gasteiger partial charge >= 0.3 is 5.97 Å². The van der Waals surface area contributed by atoms with Crippen molar-refractivity contribution in [2.45, 2.75) is 26.9 Å². The molecule has 1 aromatic rings. The summed E-state index contributed by atoms with van der Waals surface area (Å²) in [5.74, 6) is 0.350. The van der Waals surface area contributed by atoms with Gasteiger partial charge in [0.05, 0.1) is 13.2 Å². The molecule has 0 bridgehead atoms. The molecule has 6 heteroatoms. The van der Waals surface area contributed by atoms with Crippen LogP contribution in [0.3, 0.4) is 0 Å². The van der Waals surface area contributed by atoms with Gasteiger partial charge in [0.25, 0.3) is 0 Å². The van der Waals surface area contributed by atoms with Gasteiger partial charge in [0.15, 0.2) is 17.6 Å². The van der Waals surface area contributed by atoms with Gasteiger partial charge in [-0.3, -0.25) is 0 Å². The molecule has 0 saturated carbocycles. The maximum absolute atomic E-state index is 11.6. The molecule has 0 saturated heterocycles. The van der Waals surface area contributed by atoms with E-state index in [1.807, 2.05) is 6.92 Å². The summed E-state index contributed by atoms with van der Waals surface area (Å²) in [6.45, 7) is 5.81. The Labute approximate surface area is 135 Å². The summed E-state index contributed by atoms with van der Waals surface area (Å²) in [5, 5.41) is 17.6.